The van der Waals surface area contributed by atoms with Gasteiger partial charge < -0.3 is 20.7 Å². The van der Waals surface area contributed by atoms with E-state index in [-0.39, 0.29) is 17.7 Å². The van der Waals surface area contributed by atoms with E-state index in [2.05, 4.69) is 4.98 Å². The molecule has 2 heterocycles. The molecular weight excluding hydrogens is 245 g/mol. The molecule has 1 fully saturated rings. The van der Waals surface area contributed by atoms with Gasteiger partial charge in [-0.15, -0.1) is 0 Å². The normalized spacial score (nSPS) is 29.9. The number of hydrogen-bond donors (Lipinski definition) is 3. The summed E-state index contributed by atoms with van der Waals surface area (Å²) in [7, 11) is 0. The summed E-state index contributed by atoms with van der Waals surface area (Å²) in [6, 6.07) is 1.35. The van der Waals surface area contributed by atoms with Gasteiger partial charge in [0, 0.05) is 11.8 Å². The zero-order chi connectivity index (χ0) is 13.3. The van der Waals surface area contributed by atoms with Crippen LogP contribution in [0.1, 0.15) is 6.23 Å². The molecule has 4 N–H and O–H groups in total. The van der Waals surface area contributed by atoms with Gasteiger partial charge in [-0.3, -0.25) is 4.57 Å². The molecule has 0 bridgehead atoms. The first kappa shape index (κ1) is 12.7. The summed E-state index contributed by atoms with van der Waals surface area (Å²) in [5.74, 6) is 0.0271. The SMILES string of the molecule is Nc1ccn([C@@H]2O[C@H](CO)C(O)/C2=C/F)c(=O)n1. The van der Waals surface area contributed by atoms with Crippen LogP contribution >= 0.6 is 0 Å². The van der Waals surface area contributed by atoms with Crippen molar-refractivity contribution in [1.29, 1.82) is 0 Å². The number of rotatable bonds is 2. The van der Waals surface area contributed by atoms with Crippen LogP contribution in [0.25, 0.3) is 0 Å². The molecule has 0 radical (unpaired) electrons. The van der Waals surface area contributed by atoms with Crippen LogP contribution in [-0.2, 0) is 4.74 Å². The Morgan fingerprint density at radius 2 is 2.39 bits per heavy atom. The number of aliphatic hydroxyl groups is 2. The number of nitrogens with zero attached hydrogens (tertiary/aromatic N) is 2. The summed E-state index contributed by atoms with van der Waals surface area (Å²) in [5, 5.41) is 18.6. The zero-order valence-corrected chi connectivity index (χ0v) is 9.23. The highest BCUT2D eigenvalue weighted by molar-refractivity contribution is 5.25. The van der Waals surface area contributed by atoms with Crippen molar-refractivity contribution < 1.29 is 19.3 Å². The van der Waals surface area contributed by atoms with E-state index < -0.39 is 30.7 Å². The van der Waals surface area contributed by atoms with Gasteiger partial charge in [0.05, 0.1) is 12.9 Å². The summed E-state index contributed by atoms with van der Waals surface area (Å²) < 4.78 is 19.0. The maximum Gasteiger partial charge on any atom is 0.351 e. The molecule has 0 aromatic carbocycles. The summed E-state index contributed by atoms with van der Waals surface area (Å²) in [5.41, 5.74) is 4.45. The molecule has 8 heteroatoms. The van der Waals surface area contributed by atoms with E-state index in [9.17, 15) is 14.3 Å². The minimum absolute atomic E-state index is 0.0271. The lowest BCUT2D eigenvalue weighted by Gasteiger charge is -2.14. The smallest absolute Gasteiger partial charge is 0.351 e. The molecular formula is C10H12FN3O4. The van der Waals surface area contributed by atoms with Crippen molar-refractivity contribution in [2.45, 2.75) is 18.4 Å². The van der Waals surface area contributed by atoms with Crippen LogP contribution in [0.2, 0.25) is 0 Å². The molecule has 1 unspecified atom stereocenters. The molecule has 1 aliphatic rings. The predicted molar refractivity (Wildman–Crippen MR) is 59.1 cm³/mol. The van der Waals surface area contributed by atoms with Crippen molar-refractivity contribution in [2.75, 3.05) is 12.3 Å². The van der Waals surface area contributed by atoms with E-state index in [0.717, 1.165) is 4.57 Å². The second-order valence-electron chi connectivity index (χ2n) is 3.81. The molecule has 7 nitrogen and oxygen atoms in total. The van der Waals surface area contributed by atoms with Gasteiger partial charge >= 0.3 is 5.69 Å². The topological polar surface area (TPSA) is 111 Å². The van der Waals surface area contributed by atoms with E-state index in [1.54, 1.807) is 0 Å². The van der Waals surface area contributed by atoms with Crippen LogP contribution in [-0.4, -0.2) is 38.6 Å². The van der Waals surface area contributed by atoms with E-state index in [1.807, 2.05) is 0 Å². The number of ether oxygens (including phenoxy) is 1. The van der Waals surface area contributed by atoms with Gasteiger partial charge in [-0.05, 0) is 6.07 Å². The first-order valence-corrected chi connectivity index (χ1v) is 5.17. The number of aromatic nitrogens is 2. The highest BCUT2D eigenvalue weighted by atomic mass is 19.1. The fourth-order valence-electron chi connectivity index (χ4n) is 1.77. The number of aliphatic hydroxyl groups excluding tert-OH is 2. The zero-order valence-electron chi connectivity index (χ0n) is 9.23. The molecule has 0 saturated carbocycles. The summed E-state index contributed by atoms with van der Waals surface area (Å²) in [4.78, 5) is 15.1. The third-order valence-electron chi connectivity index (χ3n) is 2.69. The average Bonchev–Trinajstić information content (AvgIpc) is 2.65. The minimum Gasteiger partial charge on any atom is -0.394 e. The summed E-state index contributed by atoms with van der Waals surface area (Å²) in [6.45, 7) is -0.494. The number of halogens is 1. The Bertz CT molecular complexity index is 530. The molecule has 98 valence electrons. The number of hydrogen-bond acceptors (Lipinski definition) is 6. The van der Waals surface area contributed by atoms with Gasteiger partial charge in [-0.2, -0.15) is 4.98 Å². The lowest BCUT2D eigenvalue weighted by Crippen LogP contribution is -2.28. The maximum absolute atomic E-state index is 12.8. The van der Waals surface area contributed by atoms with Gasteiger partial charge in [0.25, 0.3) is 0 Å². The molecule has 1 saturated heterocycles. The lowest BCUT2D eigenvalue weighted by molar-refractivity contribution is -0.0447. The Hall–Kier alpha value is -1.77. The molecule has 18 heavy (non-hydrogen) atoms. The second-order valence-corrected chi connectivity index (χ2v) is 3.81. The van der Waals surface area contributed by atoms with Crippen LogP contribution < -0.4 is 11.4 Å². The summed E-state index contributed by atoms with van der Waals surface area (Å²) >= 11 is 0. The molecule has 2 rings (SSSR count). The fourth-order valence-corrected chi connectivity index (χ4v) is 1.77. The monoisotopic (exact) mass is 257 g/mol. The Balaban J connectivity index is 2.41. The van der Waals surface area contributed by atoms with Crippen molar-refractivity contribution in [3.8, 4) is 0 Å². The third kappa shape index (κ3) is 2.01. The van der Waals surface area contributed by atoms with Gasteiger partial charge in [0.1, 0.15) is 18.0 Å². The third-order valence-corrected chi connectivity index (χ3v) is 2.69. The Morgan fingerprint density at radius 3 is 2.94 bits per heavy atom. The number of nitrogens with two attached hydrogens (primary N) is 1. The molecule has 1 aromatic heterocycles. The Labute approximate surface area is 101 Å². The van der Waals surface area contributed by atoms with Crippen LogP contribution in [0.5, 0.6) is 0 Å². The molecule has 3 atom stereocenters. The van der Waals surface area contributed by atoms with Crippen LogP contribution in [0.3, 0.4) is 0 Å². The largest absolute Gasteiger partial charge is 0.394 e. The highest BCUT2D eigenvalue weighted by Gasteiger charge is 2.40. The fraction of sp³-hybridized carbons (Fsp3) is 0.400. The molecule has 0 spiro atoms. The average molecular weight is 257 g/mol. The van der Waals surface area contributed by atoms with Crippen molar-refractivity contribution in [3.63, 3.8) is 0 Å². The molecule has 0 aliphatic carbocycles. The van der Waals surface area contributed by atoms with Crippen LogP contribution in [0, 0.1) is 0 Å². The van der Waals surface area contributed by atoms with Crippen molar-refractivity contribution >= 4 is 5.82 Å². The maximum atomic E-state index is 12.8. The standard InChI is InChI=1S/C10H12FN3O4/c11-3-5-8(16)6(4-15)18-9(5)14-2-1-7(12)13-10(14)17/h1-3,6,8-9,15-16H,4H2,(H2,12,13,17)/b5-3-/t6-,8?,9-/m1/s1. The lowest BCUT2D eigenvalue weighted by atomic mass is 10.1. The quantitative estimate of drug-likeness (QED) is 0.622. The van der Waals surface area contributed by atoms with Gasteiger partial charge in [0.2, 0.25) is 0 Å². The van der Waals surface area contributed by atoms with Crippen LogP contribution in [0.4, 0.5) is 10.2 Å². The predicted octanol–water partition coefficient (Wildman–Crippen LogP) is -1.07. The Kier molecular flexibility index (Phi) is 3.41. The van der Waals surface area contributed by atoms with E-state index >= 15 is 0 Å². The summed E-state index contributed by atoms with van der Waals surface area (Å²) in [6.07, 6.45) is -1.99. The van der Waals surface area contributed by atoms with E-state index in [1.165, 1.54) is 12.3 Å². The van der Waals surface area contributed by atoms with Gasteiger partial charge in [-0.25, -0.2) is 9.18 Å². The number of anilines is 1. The number of nitrogen functional groups attached to an aromatic ring is 1. The Morgan fingerprint density at radius 1 is 1.67 bits per heavy atom. The van der Waals surface area contributed by atoms with Crippen molar-refractivity contribution in [3.05, 3.63) is 34.7 Å². The first-order valence-electron chi connectivity index (χ1n) is 5.17. The van der Waals surface area contributed by atoms with Crippen molar-refractivity contribution in [2.24, 2.45) is 0 Å². The van der Waals surface area contributed by atoms with Gasteiger partial charge in [0.15, 0.2) is 6.23 Å². The minimum atomic E-state index is -1.31. The van der Waals surface area contributed by atoms with E-state index in [4.69, 9.17) is 15.6 Å². The second kappa shape index (κ2) is 4.84. The first-order chi connectivity index (χ1) is 8.58. The van der Waals surface area contributed by atoms with Gasteiger partial charge in [-0.1, -0.05) is 0 Å². The molecule has 1 aromatic rings. The van der Waals surface area contributed by atoms with Crippen molar-refractivity contribution in [1.82, 2.24) is 9.55 Å². The molecule has 0 amide bonds. The van der Waals surface area contributed by atoms with Crippen LogP contribution in [0.15, 0.2) is 29.0 Å². The highest BCUT2D eigenvalue weighted by Crippen LogP contribution is 2.33. The van der Waals surface area contributed by atoms with E-state index in [0.29, 0.717) is 0 Å². The molecule has 1 aliphatic heterocycles.